The highest BCUT2D eigenvalue weighted by molar-refractivity contribution is 6.02. The van der Waals surface area contributed by atoms with E-state index in [0.717, 1.165) is 11.4 Å². The van der Waals surface area contributed by atoms with Gasteiger partial charge in [-0.1, -0.05) is 18.2 Å². The predicted molar refractivity (Wildman–Crippen MR) is 143 cm³/mol. The first kappa shape index (κ1) is 25.4. The molecular formula is C29H32N4O5. The topological polar surface area (TPSA) is 84.4 Å². The fourth-order valence-corrected chi connectivity index (χ4v) is 5.43. The zero-order valence-electron chi connectivity index (χ0n) is 22.1. The number of rotatable bonds is 6. The second-order valence-corrected chi connectivity index (χ2v) is 9.41. The van der Waals surface area contributed by atoms with E-state index in [4.69, 9.17) is 14.2 Å². The number of carbonyl (C=O) groups is 2. The lowest BCUT2D eigenvalue weighted by Crippen LogP contribution is -2.53. The van der Waals surface area contributed by atoms with Crippen LogP contribution >= 0.6 is 0 Å². The number of hydrogen-bond acceptors (Lipinski definition) is 7. The minimum atomic E-state index is -0.623. The Morgan fingerprint density at radius 3 is 2.18 bits per heavy atom. The van der Waals surface area contributed by atoms with Crippen molar-refractivity contribution in [2.75, 3.05) is 59.5 Å². The van der Waals surface area contributed by atoms with E-state index in [1.54, 1.807) is 44.5 Å². The molecule has 3 heterocycles. The number of hydrogen-bond donors (Lipinski definition) is 0. The van der Waals surface area contributed by atoms with Gasteiger partial charge in [0.15, 0.2) is 11.5 Å². The number of carbonyl (C=O) groups excluding carboxylic acids is 2. The lowest BCUT2D eigenvalue weighted by Gasteiger charge is -2.43. The minimum absolute atomic E-state index is 0.0284. The van der Waals surface area contributed by atoms with Crippen molar-refractivity contribution < 1.29 is 23.8 Å². The van der Waals surface area contributed by atoms with Crippen molar-refractivity contribution in [3.05, 3.63) is 77.5 Å². The SMILES string of the molecule is COc1ccc([C@H]2[C@H](C(=O)N3CCN(c4ccccn4)CC3)c3cc(OC)c(OC)cc3C(=O)N2C)cc1. The molecule has 2 atom stereocenters. The number of benzene rings is 2. The third-order valence-corrected chi connectivity index (χ3v) is 7.46. The van der Waals surface area contributed by atoms with Gasteiger partial charge in [-0.05, 0) is 47.5 Å². The number of pyridine rings is 1. The Morgan fingerprint density at radius 2 is 1.58 bits per heavy atom. The van der Waals surface area contributed by atoms with Crippen molar-refractivity contribution in [1.82, 2.24) is 14.8 Å². The highest BCUT2D eigenvalue weighted by Gasteiger charge is 2.45. The van der Waals surface area contributed by atoms with E-state index in [0.29, 0.717) is 54.6 Å². The van der Waals surface area contributed by atoms with Crippen LogP contribution in [0.1, 0.15) is 33.4 Å². The number of likely N-dealkylation sites (N-methyl/N-ethyl adjacent to an activating group) is 1. The predicted octanol–water partition coefficient (Wildman–Crippen LogP) is 3.37. The third kappa shape index (κ3) is 4.49. The fraction of sp³-hybridized carbons (Fsp3) is 0.345. The first-order valence-electron chi connectivity index (χ1n) is 12.6. The molecule has 1 saturated heterocycles. The van der Waals surface area contributed by atoms with Gasteiger partial charge in [0, 0.05) is 45.0 Å². The molecule has 198 valence electrons. The van der Waals surface area contributed by atoms with Crippen LogP contribution in [0, 0.1) is 0 Å². The van der Waals surface area contributed by atoms with Crippen LogP contribution in [0.15, 0.2) is 60.8 Å². The van der Waals surface area contributed by atoms with Crippen molar-refractivity contribution in [3.8, 4) is 17.2 Å². The normalized spacial score (nSPS) is 19.2. The molecular weight excluding hydrogens is 484 g/mol. The van der Waals surface area contributed by atoms with Crippen LogP contribution in [-0.2, 0) is 4.79 Å². The maximum Gasteiger partial charge on any atom is 0.254 e. The van der Waals surface area contributed by atoms with E-state index in [2.05, 4.69) is 9.88 Å². The minimum Gasteiger partial charge on any atom is -0.497 e. The van der Waals surface area contributed by atoms with Crippen LogP contribution in [0.2, 0.25) is 0 Å². The summed E-state index contributed by atoms with van der Waals surface area (Å²) in [5.74, 6) is 1.72. The van der Waals surface area contributed by atoms with Gasteiger partial charge in [0.05, 0.1) is 33.3 Å². The summed E-state index contributed by atoms with van der Waals surface area (Å²) in [6.45, 7) is 2.47. The van der Waals surface area contributed by atoms with Crippen molar-refractivity contribution in [2.24, 2.45) is 0 Å². The Morgan fingerprint density at radius 1 is 0.895 bits per heavy atom. The molecule has 0 radical (unpaired) electrons. The Balaban J connectivity index is 1.54. The molecule has 1 fully saturated rings. The van der Waals surface area contributed by atoms with Crippen molar-refractivity contribution in [2.45, 2.75) is 12.0 Å². The Hall–Kier alpha value is -4.27. The van der Waals surface area contributed by atoms with Gasteiger partial charge in [-0.3, -0.25) is 9.59 Å². The van der Waals surface area contributed by atoms with Gasteiger partial charge in [-0.15, -0.1) is 0 Å². The van der Waals surface area contributed by atoms with Crippen LogP contribution in [0.25, 0.3) is 0 Å². The zero-order chi connectivity index (χ0) is 26.8. The Labute approximate surface area is 222 Å². The maximum absolute atomic E-state index is 14.3. The average Bonchev–Trinajstić information content (AvgIpc) is 2.98. The summed E-state index contributed by atoms with van der Waals surface area (Å²) in [6.07, 6.45) is 1.78. The zero-order valence-corrected chi connectivity index (χ0v) is 22.1. The number of methoxy groups -OCH3 is 3. The second-order valence-electron chi connectivity index (χ2n) is 9.41. The Kier molecular flexibility index (Phi) is 7.09. The molecule has 9 heteroatoms. The molecule has 2 aromatic carbocycles. The summed E-state index contributed by atoms with van der Waals surface area (Å²) in [5, 5.41) is 0. The molecule has 38 heavy (non-hydrogen) atoms. The van der Waals surface area contributed by atoms with Gasteiger partial charge in [0.25, 0.3) is 5.91 Å². The highest BCUT2D eigenvalue weighted by Crippen LogP contribution is 2.46. The van der Waals surface area contributed by atoms with E-state index >= 15 is 0 Å². The van der Waals surface area contributed by atoms with Crippen LogP contribution in [-0.4, -0.2) is 81.2 Å². The molecule has 0 spiro atoms. The van der Waals surface area contributed by atoms with E-state index in [1.165, 1.54) is 7.11 Å². The van der Waals surface area contributed by atoms with Crippen LogP contribution in [0.5, 0.6) is 17.2 Å². The molecule has 3 aromatic rings. The van der Waals surface area contributed by atoms with Crippen LogP contribution in [0.4, 0.5) is 5.82 Å². The molecule has 0 saturated carbocycles. The van der Waals surface area contributed by atoms with Gasteiger partial charge < -0.3 is 28.9 Å². The van der Waals surface area contributed by atoms with Crippen molar-refractivity contribution in [3.63, 3.8) is 0 Å². The molecule has 1 aromatic heterocycles. The first-order valence-corrected chi connectivity index (χ1v) is 12.6. The summed E-state index contributed by atoms with van der Waals surface area (Å²) in [5.41, 5.74) is 1.94. The van der Waals surface area contributed by atoms with Gasteiger partial charge in [-0.2, -0.15) is 0 Å². The van der Waals surface area contributed by atoms with Gasteiger partial charge in [0.2, 0.25) is 5.91 Å². The molecule has 0 N–H and O–H groups in total. The molecule has 0 unspecified atom stereocenters. The number of aromatic nitrogens is 1. The number of anilines is 1. The van der Waals surface area contributed by atoms with Crippen molar-refractivity contribution >= 4 is 17.6 Å². The molecule has 0 aliphatic carbocycles. The maximum atomic E-state index is 14.3. The summed E-state index contributed by atoms with van der Waals surface area (Å²) in [6, 6.07) is 16.3. The summed E-state index contributed by atoms with van der Waals surface area (Å²) >= 11 is 0. The molecule has 2 aliphatic rings. The van der Waals surface area contributed by atoms with Gasteiger partial charge in [-0.25, -0.2) is 4.98 Å². The third-order valence-electron chi connectivity index (χ3n) is 7.46. The highest BCUT2D eigenvalue weighted by atomic mass is 16.5. The molecule has 5 rings (SSSR count). The second kappa shape index (κ2) is 10.6. The smallest absolute Gasteiger partial charge is 0.254 e. The molecule has 2 aliphatic heterocycles. The van der Waals surface area contributed by atoms with Gasteiger partial charge >= 0.3 is 0 Å². The first-order chi connectivity index (χ1) is 18.5. The van der Waals surface area contributed by atoms with E-state index in [1.807, 2.05) is 47.4 Å². The number of nitrogens with zero attached hydrogens (tertiary/aromatic N) is 4. The lowest BCUT2D eigenvalue weighted by molar-refractivity contribution is -0.134. The molecule has 2 amide bonds. The number of piperazine rings is 1. The van der Waals surface area contributed by atoms with E-state index in [-0.39, 0.29) is 11.8 Å². The van der Waals surface area contributed by atoms with Crippen LogP contribution < -0.4 is 19.1 Å². The van der Waals surface area contributed by atoms with E-state index in [9.17, 15) is 9.59 Å². The van der Waals surface area contributed by atoms with Gasteiger partial charge in [0.1, 0.15) is 11.6 Å². The number of ether oxygens (including phenoxy) is 3. The lowest BCUT2D eigenvalue weighted by atomic mass is 9.78. The summed E-state index contributed by atoms with van der Waals surface area (Å²) in [4.78, 5) is 38.1. The quantitative estimate of drug-likeness (QED) is 0.497. The number of fused-ring (bicyclic) bond motifs is 1. The monoisotopic (exact) mass is 516 g/mol. The van der Waals surface area contributed by atoms with Crippen LogP contribution in [0.3, 0.4) is 0 Å². The summed E-state index contributed by atoms with van der Waals surface area (Å²) in [7, 11) is 6.44. The average molecular weight is 517 g/mol. The fourth-order valence-electron chi connectivity index (χ4n) is 5.43. The molecule has 9 nitrogen and oxygen atoms in total. The standard InChI is InChI=1S/C29H32N4O5/c1-31-27(19-8-10-20(36-2)11-9-19)26(21-17-23(37-3)24(38-4)18-22(21)28(31)34)29(35)33-15-13-32(14-16-33)25-7-5-6-12-30-25/h5-12,17-18,26-27H,13-16H2,1-4H3/t26-,27+/m1/s1. The van der Waals surface area contributed by atoms with Crippen molar-refractivity contribution in [1.29, 1.82) is 0 Å². The Bertz CT molecular complexity index is 1310. The number of amides is 2. The van der Waals surface area contributed by atoms with E-state index < -0.39 is 12.0 Å². The molecule has 0 bridgehead atoms. The largest absolute Gasteiger partial charge is 0.497 e. The summed E-state index contributed by atoms with van der Waals surface area (Å²) < 4.78 is 16.4.